The first-order chi connectivity index (χ1) is 7.33. The topological polar surface area (TPSA) is 20.3 Å². The molecule has 2 saturated heterocycles. The van der Waals surface area contributed by atoms with Gasteiger partial charge in [-0.1, -0.05) is 6.92 Å². The SMILES string of the molecule is C[C@@H]1CC[C@@H](CCCC=O)N2CCC[C@@H]12. The monoisotopic (exact) mass is 209 g/mol. The predicted octanol–water partition coefficient (Wildman–Crippen LogP) is 2.62. The van der Waals surface area contributed by atoms with Crippen LogP contribution in [0.4, 0.5) is 0 Å². The summed E-state index contributed by atoms with van der Waals surface area (Å²) in [5, 5.41) is 0. The predicted molar refractivity (Wildman–Crippen MR) is 61.8 cm³/mol. The highest BCUT2D eigenvalue weighted by Crippen LogP contribution is 2.36. The summed E-state index contributed by atoms with van der Waals surface area (Å²) in [4.78, 5) is 13.0. The number of carbonyl (C=O) groups excluding carboxylic acids is 1. The Morgan fingerprint density at radius 3 is 3.00 bits per heavy atom. The van der Waals surface area contributed by atoms with Gasteiger partial charge < -0.3 is 4.79 Å². The molecule has 2 aliphatic rings. The summed E-state index contributed by atoms with van der Waals surface area (Å²) < 4.78 is 0. The van der Waals surface area contributed by atoms with Crippen molar-refractivity contribution in [2.45, 2.75) is 64.0 Å². The van der Waals surface area contributed by atoms with E-state index in [2.05, 4.69) is 11.8 Å². The molecule has 86 valence electrons. The number of hydrogen-bond donors (Lipinski definition) is 0. The number of nitrogens with zero attached hydrogens (tertiary/aromatic N) is 1. The third kappa shape index (κ3) is 2.41. The molecule has 15 heavy (non-hydrogen) atoms. The van der Waals surface area contributed by atoms with Crippen molar-refractivity contribution < 1.29 is 4.79 Å². The van der Waals surface area contributed by atoms with Gasteiger partial charge in [0.05, 0.1) is 0 Å². The van der Waals surface area contributed by atoms with E-state index >= 15 is 0 Å². The minimum absolute atomic E-state index is 0.755. The van der Waals surface area contributed by atoms with E-state index in [1.807, 2.05) is 0 Å². The number of fused-ring (bicyclic) bond motifs is 1. The second-order valence-electron chi connectivity index (χ2n) is 5.25. The molecule has 2 heterocycles. The van der Waals surface area contributed by atoms with Crippen LogP contribution in [0.3, 0.4) is 0 Å². The summed E-state index contributed by atoms with van der Waals surface area (Å²) in [5.74, 6) is 0.898. The van der Waals surface area contributed by atoms with Gasteiger partial charge in [0.2, 0.25) is 0 Å². The second kappa shape index (κ2) is 5.11. The van der Waals surface area contributed by atoms with Gasteiger partial charge in [-0.05, 0) is 51.0 Å². The number of unbranched alkanes of at least 4 members (excludes halogenated alkanes) is 1. The van der Waals surface area contributed by atoms with Gasteiger partial charge in [0.25, 0.3) is 0 Å². The average Bonchev–Trinajstić information content (AvgIpc) is 2.71. The quantitative estimate of drug-likeness (QED) is 0.524. The fourth-order valence-electron chi connectivity index (χ4n) is 3.44. The van der Waals surface area contributed by atoms with Gasteiger partial charge in [-0.15, -0.1) is 0 Å². The molecule has 0 radical (unpaired) electrons. The molecule has 0 saturated carbocycles. The van der Waals surface area contributed by atoms with E-state index < -0.39 is 0 Å². The van der Waals surface area contributed by atoms with Crippen molar-refractivity contribution in [2.24, 2.45) is 5.92 Å². The minimum Gasteiger partial charge on any atom is -0.303 e. The normalized spacial score (nSPS) is 36.5. The van der Waals surface area contributed by atoms with Crippen LogP contribution in [-0.2, 0) is 4.79 Å². The molecule has 0 bridgehead atoms. The highest BCUT2D eigenvalue weighted by Gasteiger charge is 2.37. The van der Waals surface area contributed by atoms with Crippen LogP contribution in [-0.4, -0.2) is 29.8 Å². The summed E-state index contributed by atoms with van der Waals surface area (Å²) in [6.45, 7) is 3.71. The Morgan fingerprint density at radius 1 is 1.33 bits per heavy atom. The van der Waals surface area contributed by atoms with Crippen LogP contribution in [0.1, 0.15) is 51.9 Å². The van der Waals surface area contributed by atoms with E-state index in [0.717, 1.165) is 37.1 Å². The first-order valence-corrected chi connectivity index (χ1v) is 6.52. The summed E-state index contributed by atoms with van der Waals surface area (Å²) in [6, 6.07) is 1.65. The van der Waals surface area contributed by atoms with Crippen molar-refractivity contribution in [2.75, 3.05) is 6.54 Å². The maximum Gasteiger partial charge on any atom is 0.119 e. The number of aldehydes is 1. The van der Waals surface area contributed by atoms with Crippen LogP contribution in [0, 0.1) is 5.92 Å². The smallest absolute Gasteiger partial charge is 0.119 e. The van der Waals surface area contributed by atoms with Crippen molar-refractivity contribution >= 4 is 6.29 Å². The van der Waals surface area contributed by atoms with Gasteiger partial charge in [0.1, 0.15) is 6.29 Å². The fraction of sp³-hybridized carbons (Fsp3) is 0.923. The molecular weight excluding hydrogens is 186 g/mol. The maximum absolute atomic E-state index is 10.3. The lowest BCUT2D eigenvalue weighted by molar-refractivity contribution is -0.108. The Hall–Kier alpha value is -0.370. The Kier molecular flexibility index (Phi) is 3.79. The largest absolute Gasteiger partial charge is 0.303 e. The van der Waals surface area contributed by atoms with Crippen LogP contribution < -0.4 is 0 Å². The molecule has 0 aromatic rings. The van der Waals surface area contributed by atoms with E-state index in [9.17, 15) is 4.79 Å². The molecule has 2 fully saturated rings. The summed E-state index contributed by atoms with van der Waals surface area (Å²) in [6.07, 6.45) is 9.69. The van der Waals surface area contributed by atoms with Crippen LogP contribution in [0.25, 0.3) is 0 Å². The lowest BCUT2D eigenvalue weighted by atomic mass is 9.85. The first kappa shape index (κ1) is 11.1. The Morgan fingerprint density at radius 2 is 2.20 bits per heavy atom. The third-order valence-electron chi connectivity index (χ3n) is 4.28. The van der Waals surface area contributed by atoms with Crippen molar-refractivity contribution in [1.82, 2.24) is 4.90 Å². The summed E-state index contributed by atoms with van der Waals surface area (Å²) in [7, 11) is 0. The Bertz CT molecular complexity index is 217. The number of piperidine rings is 1. The molecule has 0 N–H and O–H groups in total. The van der Waals surface area contributed by atoms with Crippen LogP contribution in [0.5, 0.6) is 0 Å². The van der Waals surface area contributed by atoms with E-state index in [1.54, 1.807) is 0 Å². The molecule has 0 amide bonds. The molecule has 2 rings (SSSR count). The molecule has 3 atom stereocenters. The molecule has 0 aromatic carbocycles. The van der Waals surface area contributed by atoms with E-state index in [-0.39, 0.29) is 0 Å². The lowest BCUT2D eigenvalue weighted by Crippen LogP contribution is -2.46. The van der Waals surface area contributed by atoms with Crippen LogP contribution >= 0.6 is 0 Å². The van der Waals surface area contributed by atoms with Crippen molar-refractivity contribution in [3.63, 3.8) is 0 Å². The van der Waals surface area contributed by atoms with Crippen molar-refractivity contribution in [3.05, 3.63) is 0 Å². The van der Waals surface area contributed by atoms with Crippen LogP contribution in [0.2, 0.25) is 0 Å². The number of rotatable bonds is 4. The van der Waals surface area contributed by atoms with Crippen LogP contribution in [0.15, 0.2) is 0 Å². The van der Waals surface area contributed by atoms with E-state index in [0.29, 0.717) is 0 Å². The Balaban J connectivity index is 1.86. The molecule has 2 heteroatoms. The van der Waals surface area contributed by atoms with Gasteiger partial charge in [-0.3, -0.25) is 4.90 Å². The van der Waals surface area contributed by atoms with Crippen molar-refractivity contribution in [1.29, 1.82) is 0 Å². The molecule has 0 spiro atoms. The van der Waals surface area contributed by atoms with Crippen molar-refractivity contribution in [3.8, 4) is 0 Å². The first-order valence-electron chi connectivity index (χ1n) is 6.52. The molecule has 2 aliphatic heterocycles. The zero-order valence-electron chi connectivity index (χ0n) is 9.82. The standard InChI is InChI=1S/C13H23NO/c1-11-7-8-12(5-2-3-10-15)14-9-4-6-13(11)14/h10-13H,2-9H2,1H3/t11-,12-,13+/m1/s1. The lowest BCUT2D eigenvalue weighted by Gasteiger charge is -2.41. The highest BCUT2D eigenvalue weighted by molar-refractivity contribution is 5.48. The van der Waals surface area contributed by atoms with Gasteiger partial charge in [-0.25, -0.2) is 0 Å². The Labute approximate surface area is 93.0 Å². The molecule has 2 nitrogen and oxygen atoms in total. The van der Waals surface area contributed by atoms with E-state index in [4.69, 9.17) is 0 Å². The number of carbonyl (C=O) groups is 1. The zero-order chi connectivity index (χ0) is 10.7. The maximum atomic E-state index is 10.3. The summed E-state index contributed by atoms with van der Waals surface area (Å²) in [5.41, 5.74) is 0. The highest BCUT2D eigenvalue weighted by atomic mass is 16.1. The number of hydrogen-bond acceptors (Lipinski definition) is 2. The van der Waals surface area contributed by atoms with E-state index in [1.165, 1.54) is 38.6 Å². The van der Waals surface area contributed by atoms with Gasteiger partial charge in [0.15, 0.2) is 0 Å². The van der Waals surface area contributed by atoms with Gasteiger partial charge in [0, 0.05) is 18.5 Å². The minimum atomic E-state index is 0.755. The average molecular weight is 209 g/mol. The molecule has 0 unspecified atom stereocenters. The summed E-state index contributed by atoms with van der Waals surface area (Å²) >= 11 is 0. The zero-order valence-corrected chi connectivity index (χ0v) is 9.82. The molecule has 0 aliphatic carbocycles. The molecular formula is C13H23NO. The fourth-order valence-corrected chi connectivity index (χ4v) is 3.44. The van der Waals surface area contributed by atoms with Gasteiger partial charge >= 0.3 is 0 Å². The third-order valence-corrected chi connectivity index (χ3v) is 4.28. The molecule has 0 aromatic heterocycles. The second-order valence-corrected chi connectivity index (χ2v) is 5.25. The van der Waals surface area contributed by atoms with Gasteiger partial charge in [-0.2, -0.15) is 0 Å².